The molecule has 6 heteroatoms. The maximum Gasteiger partial charge on any atom is 0.317 e. The van der Waals surface area contributed by atoms with Crippen LogP contribution in [-0.4, -0.2) is 52.9 Å². The number of carbonyl (C=O) groups excluding carboxylic acids is 1. The van der Waals surface area contributed by atoms with Gasteiger partial charge in [-0.25, -0.2) is 4.79 Å². The van der Waals surface area contributed by atoms with Gasteiger partial charge in [0.1, 0.15) is 0 Å². The number of aliphatic hydroxyl groups excluding tert-OH is 1. The van der Waals surface area contributed by atoms with Crippen LogP contribution < -0.4 is 5.32 Å². The molecule has 0 heterocycles. The van der Waals surface area contributed by atoms with Crippen molar-refractivity contribution in [2.24, 2.45) is 5.92 Å². The summed E-state index contributed by atoms with van der Waals surface area (Å²) in [5.74, 6) is -1.32. The second-order valence-electron chi connectivity index (χ2n) is 5.29. The Hall–Kier alpha value is -1.30. The number of carboxylic acid groups (broad SMARTS) is 1. The summed E-state index contributed by atoms with van der Waals surface area (Å²) in [4.78, 5) is 24.1. The largest absolute Gasteiger partial charge is 0.481 e. The fraction of sp³-hybridized carbons (Fsp3) is 0.846. The number of aliphatic hydroxyl groups is 1. The Labute approximate surface area is 113 Å². The third-order valence-electron chi connectivity index (χ3n) is 3.79. The molecule has 0 saturated heterocycles. The average molecular weight is 272 g/mol. The van der Waals surface area contributed by atoms with Crippen LogP contribution in [0.4, 0.5) is 4.79 Å². The van der Waals surface area contributed by atoms with Gasteiger partial charge < -0.3 is 20.4 Å². The summed E-state index contributed by atoms with van der Waals surface area (Å²) >= 11 is 0. The van der Waals surface area contributed by atoms with E-state index in [0.717, 1.165) is 25.7 Å². The van der Waals surface area contributed by atoms with Crippen LogP contribution in [0.15, 0.2) is 0 Å². The van der Waals surface area contributed by atoms with E-state index in [1.54, 1.807) is 14.0 Å². The van der Waals surface area contributed by atoms with Gasteiger partial charge in [0.2, 0.25) is 0 Å². The molecule has 0 aliphatic heterocycles. The highest BCUT2D eigenvalue weighted by molar-refractivity contribution is 5.74. The van der Waals surface area contributed by atoms with E-state index in [4.69, 9.17) is 5.11 Å². The zero-order valence-corrected chi connectivity index (χ0v) is 11.6. The molecule has 3 unspecified atom stereocenters. The highest BCUT2D eigenvalue weighted by Gasteiger charge is 2.29. The number of carbonyl (C=O) groups is 2. The Bertz CT molecular complexity index is 322. The molecule has 19 heavy (non-hydrogen) atoms. The van der Waals surface area contributed by atoms with E-state index in [0.29, 0.717) is 13.0 Å². The molecule has 0 aromatic rings. The number of hydrogen-bond acceptors (Lipinski definition) is 3. The minimum atomic E-state index is -0.856. The van der Waals surface area contributed by atoms with Crippen molar-refractivity contribution in [2.75, 3.05) is 13.6 Å². The Kier molecular flexibility index (Phi) is 6.08. The van der Waals surface area contributed by atoms with E-state index in [1.807, 2.05) is 0 Å². The summed E-state index contributed by atoms with van der Waals surface area (Å²) in [6, 6.07) is -0.380. The maximum atomic E-state index is 11.9. The van der Waals surface area contributed by atoms with Crippen molar-refractivity contribution in [3.8, 4) is 0 Å². The molecule has 0 spiro atoms. The molecule has 1 aliphatic rings. The van der Waals surface area contributed by atoms with Crippen molar-refractivity contribution in [1.29, 1.82) is 0 Å². The molecule has 110 valence electrons. The van der Waals surface area contributed by atoms with Gasteiger partial charge in [0.05, 0.1) is 18.1 Å². The summed E-state index contributed by atoms with van der Waals surface area (Å²) in [6.07, 6.45) is 3.53. The summed E-state index contributed by atoms with van der Waals surface area (Å²) < 4.78 is 0. The predicted octanol–water partition coefficient (Wildman–Crippen LogP) is 1.04. The standard InChI is InChI=1S/C13H24N2O4/c1-9(12(17)18)7-8-14-13(19)15(2)10-5-3-4-6-11(10)16/h9-11,16H,3-8H2,1-2H3,(H,14,19)(H,17,18). The third kappa shape index (κ3) is 4.70. The zero-order valence-electron chi connectivity index (χ0n) is 11.6. The van der Waals surface area contributed by atoms with Gasteiger partial charge in [0.25, 0.3) is 0 Å². The lowest BCUT2D eigenvalue weighted by Gasteiger charge is -2.35. The minimum Gasteiger partial charge on any atom is -0.481 e. The van der Waals surface area contributed by atoms with Gasteiger partial charge in [-0.2, -0.15) is 0 Å². The van der Waals surface area contributed by atoms with Crippen LogP contribution in [0.2, 0.25) is 0 Å². The maximum absolute atomic E-state index is 11.9. The Morgan fingerprint density at radius 1 is 1.37 bits per heavy atom. The average Bonchev–Trinajstić information content (AvgIpc) is 2.38. The Morgan fingerprint density at radius 2 is 2.00 bits per heavy atom. The first-order chi connectivity index (χ1) is 8.93. The summed E-state index contributed by atoms with van der Waals surface area (Å²) in [5.41, 5.74) is 0. The molecular formula is C13H24N2O4. The van der Waals surface area contributed by atoms with E-state index in [-0.39, 0.29) is 12.1 Å². The molecule has 1 fully saturated rings. The van der Waals surface area contributed by atoms with Crippen LogP contribution in [0.3, 0.4) is 0 Å². The fourth-order valence-electron chi connectivity index (χ4n) is 2.34. The molecule has 1 rings (SSSR count). The number of amides is 2. The fourth-order valence-corrected chi connectivity index (χ4v) is 2.34. The van der Waals surface area contributed by atoms with Crippen LogP contribution in [0, 0.1) is 5.92 Å². The van der Waals surface area contributed by atoms with Crippen LogP contribution in [0.1, 0.15) is 39.0 Å². The molecule has 1 saturated carbocycles. The van der Waals surface area contributed by atoms with E-state index in [1.165, 1.54) is 4.90 Å². The topological polar surface area (TPSA) is 89.9 Å². The Morgan fingerprint density at radius 3 is 2.58 bits per heavy atom. The first kappa shape index (κ1) is 15.8. The molecular weight excluding hydrogens is 248 g/mol. The molecule has 0 aromatic heterocycles. The smallest absolute Gasteiger partial charge is 0.317 e. The first-order valence-corrected chi connectivity index (χ1v) is 6.85. The van der Waals surface area contributed by atoms with Gasteiger partial charge in [-0.05, 0) is 19.3 Å². The van der Waals surface area contributed by atoms with Crippen LogP contribution in [-0.2, 0) is 4.79 Å². The minimum absolute atomic E-state index is 0.134. The summed E-state index contributed by atoms with van der Waals surface area (Å²) in [6.45, 7) is 1.95. The predicted molar refractivity (Wildman–Crippen MR) is 70.8 cm³/mol. The number of hydrogen-bond donors (Lipinski definition) is 3. The van der Waals surface area contributed by atoms with Gasteiger partial charge in [0.15, 0.2) is 0 Å². The quantitative estimate of drug-likeness (QED) is 0.697. The second kappa shape index (κ2) is 7.33. The SMILES string of the molecule is CC(CCNC(=O)N(C)C1CCCCC1O)C(=O)O. The van der Waals surface area contributed by atoms with Crippen molar-refractivity contribution in [3.63, 3.8) is 0 Å². The van der Waals surface area contributed by atoms with Gasteiger partial charge in [0, 0.05) is 13.6 Å². The van der Waals surface area contributed by atoms with Gasteiger partial charge in [-0.15, -0.1) is 0 Å². The van der Waals surface area contributed by atoms with E-state index < -0.39 is 18.0 Å². The van der Waals surface area contributed by atoms with Crippen LogP contribution >= 0.6 is 0 Å². The normalized spacial score (nSPS) is 24.6. The number of aliphatic carboxylic acids is 1. The number of carboxylic acids is 1. The van der Waals surface area contributed by atoms with Crippen LogP contribution in [0.25, 0.3) is 0 Å². The van der Waals surface area contributed by atoms with Gasteiger partial charge >= 0.3 is 12.0 Å². The number of urea groups is 1. The lowest BCUT2D eigenvalue weighted by molar-refractivity contribution is -0.141. The van der Waals surface area contributed by atoms with E-state index in [2.05, 4.69) is 5.32 Å². The van der Waals surface area contributed by atoms with Crippen molar-refractivity contribution < 1.29 is 19.8 Å². The molecule has 0 radical (unpaired) electrons. The lowest BCUT2D eigenvalue weighted by atomic mass is 9.92. The van der Waals surface area contributed by atoms with E-state index in [9.17, 15) is 14.7 Å². The van der Waals surface area contributed by atoms with Crippen molar-refractivity contribution in [1.82, 2.24) is 10.2 Å². The molecule has 1 aliphatic carbocycles. The number of rotatable bonds is 5. The molecule has 2 amide bonds. The first-order valence-electron chi connectivity index (χ1n) is 6.85. The van der Waals surface area contributed by atoms with E-state index >= 15 is 0 Å². The third-order valence-corrected chi connectivity index (χ3v) is 3.79. The molecule has 3 atom stereocenters. The summed E-state index contributed by atoms with van der Waals surface area (Å²) in [5, 5.41) is 21.3. The number of likely N-dealkylation sites (N-methyl/N-ethyl adjacent to an activating group) is 1. The molecule has 3 N–H and O–H groups in total. The highest BCUT2D eigenvalue weighted by Crippen LogP contribution is 2.22. The highest BCUT2D eigenvalue weighted by atomic mass is 16.4. The van der Waals surface area contributed by atoms with Crippen molar-refractivity contribution in [3.05, 3.63) is 0 Å². The Balaban J connectivity index is 2.34. The van der Waals surface area contributed by atoms with Crippen molar-refractivity contribution >= 4 is 12.0 Å². The summed E-state index contributed by atoms with van der Waals surface area (Å²) in [7, 11) is 1.68. The molecule has 0 aromatic carbocycles. The number of nitrogens with zero attached hydrogens (tertiary/aromatic N) is 1. The lowest BCUT2D eigenvalue weighted by Crippen LogP contribution is -2.50. The molecule has 6 nitrogen and oxygen atoms in total. The van der Waals surface area contributed by atoms with Crippen molar-refractivity contribution in [2.45, 2.75) is 51.2 Å². The zero-order chi connectivity index (χ0) is 14.4. The monoisotopic (exact) mass is 272 g/mol. The van der Waals surface area contributed by atoms with Gasteiger partial charge in [-0.3, -0.25) is 4.79 Å². The second-order valence-corrected chi connectivity index (χ2v) is 5.29. The van der Waals surface area contributed by atoms with Gasteiger partial charge in [-0.1, -0.05) is 19.8 Å². The van der Waals surface area contributed by atoms with Crippen LogP contribution in [0.5, 0.6) is 0 Å². The number of nitrogens with one attached hydrogen (secondary N) is 1. The molecule has 0 bridgehead atoms.